The Morgan fingerprint density at radius 2 is 1.68 bits per heavy atom. The zero-order valence-electron chi connectivity index (χ0n) is 20.2. The Hall–Kier alpha value is -3.58. The van der Waals surface area contributed by atoms with Crippen molar-refractivity contribution in [1.29, 1.82) is 0 Å². The lowest BCUT2D eigenvalue weighted by Gasteiger charge is -2.21. The number of methoxy groups -OCH3 is 1. The molecule has 0 fully saturated rings. The Morgan fingerprint density at radius 3 is 2.32 bits per heavy atom. The van der Waals surface area contributed by atoms with Crippen molar-refractivity contribution >= 4 is 50.5 Å². The maximum Gasteiger partial charge on any atom is 0.357 e. The molecule has 1 unspecified atom stereocenters. The highest BCUT2D eigenvalue weighted by Crippen LogP contribution is 2.31. The average Bonchev–Trinajstić information content (AvgIpc) is 3.60. The number of carbonyl (C=O) groups is 2. The molecule has 0 saturated heterocycles. The number of carbonyl (C=O) groups excluding carboxylic acids is 2. The van der Waals surface area contributed by atoms with Gasteiger partial charge in [-0.1, -0.05) is 48.5 Å². The van der Waals surface area contributed by atoms with Crippen LogP contribution in [0.25, 0.3) is 9.88 Å². The van der Waals surface area contributed by atoms with E-state index in [9.17, 15) is 18.0 Å². The van der Waals surface area contributed by atoms with Crippen molar-refractivity contribution in [1.82, 2.24) is 10.3 Å². The molecule has 0 aliphatic rings. The van der Waals surface area contributed by atoms with Crippen LogP contribution in [0.2, 0.25) is 0 Å². The number of anilines is 1. The minimum absolute atomic E-state index is 0.180. The first-order valence-corrected chi connectivity index (χ1v) is 14.7. The van der Waals surface area contributed by atoms with Gasteiger partial charge in [-0.2, -0.15) is 8.42 Å². The van der Waals surface area contributed by atoms with Crippen LogP contribution in [0.3, 0.4) is 0 Å². The SMILES string of the molecule is COC(=O)C(Cc1ccccc1)C(=O)N[C@@H](Cc1ccc(NS(=O)(=O)O)cc1)c1csc(-c2cccs2)n1. The van der Waals surface area contributed by atoms with Crippen LogP contribution in [0.1, 0.15) is 22.9 Å². The number of nitrogens with one attached hydrogen (secondary N) is 2. The van der Waals surface area contributed by atoms with Gasteiger partial charge >= 0.3 is 16.3 Å². The first kappa shape index (κ1) is 27.5. The number of thiophene rings is 1. The second kappa shape index (κ2) is 12.3. The minimum Gasteiger partial charge on any atom is -0.468 e. The number of amides is 1. The van der Waals surface area contributed by atoms with Gasteiger partial charge in [-0.15, -0.1) is 22.7 Å². The Balaban J connectivity index is 1.59. The van der Waals surface area contributed by atoms with Gasteiger partial charge in [0, 0.05) is 5.38 Å². The summed E-state index contributed by atoms with van der Waals surface area (Å²) >= 11 is 3.02. The maximum absolute atomic E-state index is 13.4. The van der Waals surface area contributed by atoms with E-state index in [1.165, 1.54) is 30.6 Å². The molecule has 2 aromatic heterocycles. The Labute approximate surface area is 228 Å². The number of thiazole rings is 1. The Bertz CT molecular complexity index is 1470. The van der Waals surface area contributed by atoms with Gasteiger partial charge in [-0.25, -0.2) is 4.98 Å². The molecular weight excluding hydrogens is 547 g/mol. The lowest BCUT2D eigenvalue weighted by molar-refractivity contribution is -0.150. The van der Waals surface area contributed by atoms with Crippen molar-refractivity contribution in [2.24, 2.45) is 5.92 Å². The Kier molecular flexibility index (Phi) is 8.89. The van der Waals surface area contributed by atoms with E-state index in [4.69, 9.17) is 14.3 Å². The molecule has 1 amide bonds. The molecule has 2 atom stereocenters. The fourth-order valence-corrected chi connectivity index (χ4v) is 5.95. The van der Waals surface area contributed by atoms with E-state index >= 15 is 0 Å². The molecule has 12 heteroatoms. The van der Waals surface area contributed by atoms with Gasteiger partial charge in [-0.05, 0) is 47.5 Å². The van der Waals surface area contributed by atoms with E-state index in [-0.39, 0.29) is 12.1 Å². The predicted molar refractivity (Wildman–Crippen MR) is 147 cm³/mol. The number of nitrogens with zero attached hydrogens (tertiary/aromatic N) is 1. The monoisotopic (exact) mass is 571 g/mol. The number of benzene rings is 2. The topological polar surface area (TPSA) is 135 Å². The van der Waals surface area contributed by atoms with E-state index in [0.29, 0.717) is 12.1 Å². The van der Waals surface area contributed by atoms with Crippen LogP contribution in [0.15, 0.2) is 77.5 Å². The fraction of sp³-hybridized carbons (Fsp3) is 0.192. The molecule has 38 heavy (non-hydrogen) atoms. The fourth-order valence-electron chi connectivity index (χ4n) is 3.83. The first-order valence-electron chi connectivity index (χ1n) is 11.5. The van der Waals surface area contributed by atoms with E-state index < -0.39 is 34.1 Å². The van der Waals surface area contributed by atoms with Crippen molar-refractivity contribution in [3.8, 4) is 9.88 Å². The quantitative estimate of drug-likeness (QED) is 0.137. The van der Waals surface area contributed by atoms with Gasteiger partial charge in [-0.3, -0.25) is 18.9 Å². The highest BCUT2D eigenvalue weighted by Gasteiger charge is 2.30. The number of rotatable bonds is 11. The van der Waals surface area contributed by atoms with Crippen LogP contribution in [0.4, 0.5) is 5.69 Å². The van der Waals surface area contributed by atoms with E-state index in [1.807, 2.05) is 57.9 Å². The van der Waals surface area contributed by atoms with E-state index in [2.05, 4.69) is 5.32 Å². The van der Waals surface area contributed by atoms with Gasteiger partial charge < -0.3 is 10.1 Å². The molecule has 0 bridgehead atoms. The molecule has 4 rings (SSSR count). The standard InChI is InChI=1S/C26H25N3O6S3/c1-35-26(31)20(14-17-6-3-2-4-7-17)24(30)27-21(22-16-37-25(28-22)23-8-5-13-36-23)15-18-9-11-19(12-10-18)29-38(32,33)34/h2-13,16,20-21,29H,14-15H2,1H3,(H,27,30)(H,32,33,34)/t20?,21-/m0/s1. The number of hydrogen-bond donors (Lipinski definition) is 3. The summed E-state index contributed by atoms with van der Waals surface area (Å²) in [6, 6.07) is 18.9. The van der Waals surface area contributed by atoms with E-state index in [1.54, 1.807) is 23.5 Å². The molecule has 0 aliphatic carbocycles. The summed E-state index contributed by atoms with van der Waals surface area (Å²) in [5.41, 5.74) is 2.43. The molecule has 0 spiro atoms. The molecule has 2 heterocycles. The molecule has 2 aromatic carbocycles. The Morgan fingerprint density at radius 1 is 0.974 bits per heavy atom. The highest BCUT2D eigenvalue weighted by atomic mass is 32.2. The maximum atomic E-state index is 13.4. The summed E-state index contributed by atoms with van der Waals surface area (Å²) in [6.07, 6.45) is 0.504. The number of aromatic nitrogens is 1. The van der Waals surface area contributed by atoms with Crippen molar-refractivity contribution in [3.63, 3.8) is 0 Å². The number of ether oxygens (including phenoxy) is 1. The summed E-state index contributed by atoms with van der Waals surface area (Å²) in [6.45, 7) is 0. The zero-order valence-corrected chi connectivity index (χ0v) is 22.7. The second-order valence-electron chi connectivity index (χ2n) is 8.36. The van der Waals surface area contributed by atoms with Gasteiger partial charge in [0.1, 0.15) is 10.9 Å². The molecule has 4 aromatic rings. The lowest BCUT2D eigenvalue weighted by Crippen LogP contribution is -2.40. The normalized spacial score (nSPS) is 12.9. The molecule has 9 nitrogen and oxygen atoms in total. The number of esters is 1. The van der Waals surface area contributed by atoms with Crippen LogP contribution in [0.5, 0.6) is 0 Å². The largest absolute Gasteiger partial charge is 0.468 e. The summed E-state index contributed by atoms with van der Waals surface area (Å²) in [5, 5.41) is 7.63. The second-order valence-corrected chi connectivity index (χ2v) is 11.3. The average molecular weight is 572 g/mol. The summed E-state index contributed by atoms with van der Waals surface area (Å²) in [7, 11) is -3.14. The van der Waals surface area contributed by atoms with Gasteiger partial charge in [0.05, 0.1) is 29.4 Å². The van der Waals surface area contributed by atoms with Crippen LogP contribution in [-0.4, -0.2) is 36.9 Å². The third-order valence-corrected chi connectivity index (χ3v) is 8.05. The van der Waals surface area contributed by atoms with Crippen LogP contribution < -0.4 is 10.0 Å². The van der Waals surface area contributed by atoms with E-state index in [0.717, 1.165) is 21.0 Å². The van der Waals surface area contributed by atoms with Crippen LogP contribution in [0, 0.1) is 5.92 Å². The van der Waals surface area contributed by atoms with Crippen LogP contribution >= 0.6 is 22.7 Å². The smallest absolute Gasteiger partial charge is 0.357 e. The molecule has 0 aliphatic heterocycles. The van der Waals surface area contributed by atoms with Crippen LogP contribution in [-0.2, 0) is 37.5 Å². The van der Waals surface area contributed by atoms with Gasteiger partial charge in [0.2, 0.25) is 5.91 Å². The molecule has 0 radical (unpaired) electrons. The van der Waals surface area contributed by atoms with Crippen molar-refractivity contribution in [2.45, 2.75) is 18.9 Å². The van der Waals surface area contributed by atoms with Gasteiger partial charge in [0.15, 0.2) is 0 Å². The van der Waals surface area contributed by atoms with Crippen molar-refractivity contribution in [2.75, 3.05) is 11.8 Å². The predicted octanol–water partition coefficient (Wildman–Crippen LogP) is 4.52. The van der Waals surface area contributed by atoms with Crippen molar-refractivity contribution < 1.29 is 27.3 Å². The number of hydrogen-bond acceptors (Lipinski definition) is 8. The molecule has 198 valence electrons. The molecule has 0 saturated carbocycles. The van der Waals surface area contributed by atoms with Gasteiger partial charge in [0.25, 0.3) is 0 Å². The highest BCUT2D eigenvalue weighted by molar-refractivity contribution is 7.87. The first-order chi connectivity index (χ1) is 18.2. The molecule has 3 N–H and O–H groups in total. The summed E-state index contributed by atoms with van der Waals surface area (Å²) in [5.74, 6) is -2.18. The summed E-state index contributed by atoms with van der Waals surface area (Å²) in [4.78, 5) is 31.8. The molecular formula is C26H25N3O6S3. The zero-order chi connectivity index (χ0) is 27.1. The summed E-state index contributed by atoms with van der Waals surface area (Å²) < 4.78 is 38.1. The lowest BCUT2D eigenvalue weighted by atomic mass is 9.97. The van der Waals surface area contributed by atoms with Crippen molar-refractivity contribution in [3.05, 3.63) is 94.3 Å². The minimum atomic E-state index is -4.40. The third kappa shape index (κ3) is 7.48. The third-order valence-electron chi connectivity index (χ3n) is 5.65.